The molecule has 2 heterocycles. The molecule has 1 saturated carbocycles. The highest BCUT2D eigenvalue weighted by Crippen LogP contribution is 2.64. The molecule has 0 bridgehead atoms. The highest BCUT2D eigenvalue weighted by atomic mass is 16.6. The predicted octanol–water partition coefficient (Wildman–Crippen LogP) is 3.98. The molecule has 9 heteroatoms. The molecule has 9 nitrogen and oxygen atoms in total. The Morgan fingerprint density at radius 2 is 1.64 bits per heavy atom. The molecule has 0 spiro atoms. The zero-order valence-corrected chi connectivity index (χ0v) is 24.0. The third-order valence-corrected chi connectivity index (χ3v) is 9.57. The number of ether oxygens (including phenoxy) is 3. The number of esters is 3. The average molecular weight is 574 g/mol. The Labute approximate surface area is 244 Å². The monoisotopic (exact) mass is 573 g/mol. The Hall–Kier alpha value is -4.08. The molecule has 3 aliphatic rings. The summed E-state index contributed by atoms with van der Waals surface area (Å²) in [4.78, 5) is 42.7. The maximum absolute atomic E-state index is 13.5. The lowest BCUT2D eigenvalue weighted by molar-refractivity contribution is -0.287. The summed E-state index contributed by atoms with van der Waals surface area (Å²) in [6, 6.07) is 11.5. The largest absolute Gasteiger partial charge is 0.458 e. The molecule has 5 rings (SSSR count). The molecule has 2 aliphatic carbocycles. The second kappa shape index (κ2) is 10.6. The number of hydrogen-bond acceptors (Lipinski definition) is 9. The summed E-state index contributed by atoms with van der Waals surface area (Å²) in [5.41, 5.74) is -4.78. The van der Waals surface area contributed by atoms with Gasteiger partial charge in [0.1, 0.15) is 12.2 Å². The molecule has 2 aromatic rings. The van der Waals surface area contributed by atoms with E-state index in [0.29, 0.717) is 12.0 Å². The Bertz CT molecular complexity index is 1460. The van der Waals surface area contributed by atoms with Gasteiger partial charge in [-0.05, 0) is 56.0 Å². The van der Waals surface area contributed by atoms with E-state index >= 15 is 0 Å². The van der Waals surface area contributed by atoms with Gasteiger partial charge in [-0.25, -0.2) is 14.4 Å². The SMILES string of the molecule is CC1(O)C=CC[C@H]2[C@@]1(C)[C@@H](OC(=O)c1cccnc1)[C@H](OC(=O)c1ccccc1)[C@](C)(O)[C@]2(C)/C=C/C1=CC(=O)OC1. The third-order valence-electron chi connectivity index (χ3n) is 9.57. The maximum atomic E-state index is 13.5. The number of aromatic nitrogens is 1. The topological polar surface area (TPSA) is 132 Å². The van der Waals surface area contributed by atoms with Crippen molar-refractivity contribution in [3.63, 3.8) is 0 Å². The predicted molar refractivity (Wildman–Crippen MR) is 152 cm³/mol. The number of rotatable bonds is 6. The van der Waals surface area contributed by atoms with Gasteiger partial charge in [0.25, 0.3) is 0 Å². The van der Waals surface area contributed by atoms with Crippen molar-refractivity contribution in [3.05, 3.63) is 102 Å². The zero-order valence-electron chi connectivity index (χ0n) is 24.0. The van der Waals surface area contributed by atoms with Gasteiger partial charge in [-0.2, -0.15) is 0 Å². The second-order valence-corrected chi connectivity index (χ2v) is 12.0. The number of allylic oxidation sites excluding steroid dienone is 1. The Morgan fingerprint density at radius 3 is 2.29 bits per heavy atom. The van der Waals surface area contributed by atoms with Gasteiger partial charge >= 0.3 is 17.9 Å². The number of nitrogens with zero attached hydrogens (tertiary/aromatic N) is 1. The molecule has 220 valence electrons. The summed E-state index contributed by atoms with van der Waals surface area (Å²) in [5.74, 6) is -2.44. The van der Waals surface area contributed by atoms with Crippen LogP contribution in [-0.2, 0) is 19.0 Å². The van der Waals surface area contributed by atoms with Crippen LogP contribution in [0.25, 0.3) is 0 Å². The molecule has 0 radical (unpaired) electrons. The van der Waals surface area contributed by atoms with Crippen LogP contribution in [-0.4, -0.2) is 63.1 Å². The molecule has 1 aliphatic heterocycles. The van der Waals surface area contributed by atoms with Crippen LogP contribution in [0.15, 0.2) is 90.8 Å². The van der Waals surface area contributed by atoms with E-state index in [9.17, 15) is 24.6 Å². The fourth-order valence-electron chi connectivity index (χ4n) is 6.67. The van der Waals surface area contributed by atoms with Crippen LogP contribution >= 0.6 is 0 Å². The van der Waals surface area contributed by atoms with E-state index in [1.54, 1.807) is 81.5 Å². The number of cyclic esters (lactones) is 1. The number of carbonyl (C=O) groups is 3. The lowest BCUT2D eigenvalue weighted by Gasteiger charge is -2.66. The van der Waals surface area contributed by atoms with E-state index in [4.69, 9.17) is 14.2 Å². The lowest BCUT2D eigenvalue weighted by atomic mass is 9.42. The number of aliphatic hydroxyl groups is 2. The number of fused-ring (bicyclic) bond motifs is 1. The van der Waals surface area contributed by atoms with Crippen molar-refractivity contribution in [1.82, 2.24) is 4.98 Å². The lowest BCUT2D eigenvalue weighted by Crippen LogP contribution is -2.76. The van der Waals surface area contributed by atoms with Crippen molar-refractivity contribution in [2.45, 2.75) is 57.5 Å². The molecular formula is C33H35NO8. The van der Waals surface area contributed by atoms with Gasteiger partial charge in [-0.1, -0.05) is 56.4 Å². The van der Waals surface area contributed by atoms with E-state index in [0.717, 1.165) is 0 Å². The third kappa shape index (κ3) is 4.76. The fourth-order valence-corrected chi connectivity index (χ4v) is 6.67. The summed E-state index contributed by atoms with van der Waals surface area (Å²) >= 11 is 0. The van der Waals surface area contributed by atoms with Gasteiger partial charge < -0.3 is 24.4 Å². The minimum Gasteiger partial charge on any atom is -0.458 e. The Morgan fingerprint density at radius 1 is 0.976 bits per heavy atom. The van der Waals surface area contributed by atoms with Gasteiger partial charge in [0, 0.05) is 29.3 Å². The first kappa shape index (κ1) is 29.4. The van der Waals surface area contributed by atoms with Crippen molar-refractivity contribution >= 4 is 17.9 Å². The van der Waals surface area contributed by atoms with Crippen molar-refractivity contribution in [2.75, 3.05) is 6.61 Å². The van der Waals surface area contributed by atoms with Crippen molar-refractivity contribution in [3.8, 4) is 0 Å². The zero-order chi connectivity index (χ0) is 30.3. The number of carbonyl (C=O) groups excluding carboxylic acids is 3. The van der Waals surface area contributed by atoms with Gasteiger partial charge in [0.2, 0.25) is 0 Å². The molecule has 7 atom stereocenters. The highest BCUT2D eigenvalue weighted by molar-refractivity contribution is 5.90. The first-order valence-electron chi connectivity index (χ1n) is 13.9. The molecule has 2 N–H and O–H groups in total. The minimum absolute atomic E-state index is 0.0882. The average Bonchev–Trinajstić information content (AvgIpc) is 3.39. The molecule has 42 heavy (non-hydrogen) atoms. The summed E-state index contributed by atoms with van der Waals surface area (Å²) in [6.45, 7) is 6.86. The Kier molecular flexibility index (Phi) is 7.45. The standard InChI is InChI=1S/C33H35NO8/c1-30(16-14-21-18-25(35)40-20-21)24-13-8-15-31(2,38)32(24,3)26(41-29(37)23-12-9-17-34-19-23)27(33(30,4)39)42-28(36)22-10-6-5-7-11-22/h5-12,14-19,24,26-27,38-39H,13,20H2,1-4H3/b16-14+/t24-,26+,27+,30-,31?,32+,33+/m1/s1. The van der Waals surface area contributed by atoms with Crippen molar-refractivity contribution < 1.29 is 38.8 Å². The van der Waals surface area contributed by atoms with E-state index < -0.39 is 58.1 Å². The maximum Gasteiger partial charge on any atom is 0.340 e. The van der Waals surface area contributed by atoms with Gasteiger partial charge in [-0.15, -0.1) is 0 Å². The van der Waals surface area contributed by atoms with Crippen LogP contribution in [0.1, 0.15) is 54.8 Å². The van der Waals surface area contributed by atoms with Gasteiger partial charge in [0.15, 0.2) is 12.2 Å². The molecule has 0 saturated heterocycles. The van der Waals surface area contributed by atoms with E-state index in [1.807, 2.05) is 13.0 Å². The van der Waals surface area contributed by atoms with Crippen molar-refractivity contribution in [2.24, 2.45) is 16.7 Å². The molecule has 1 aromatic heterocycles. The van der Waals surface area contributed by atoms with Crippen LogP contribution in [0.4, 0.5) is 0 Å². The first-order chi connectivity index (χ1) is 19.8. The second-order valence-electron chi connectivity index (χ2n) is 12.0. The molecule has 1 unspecified atom stereocenters. The summed E-state index contributed by atoms with van der Waals surface area (Å²) in [5, 5.41) is 24.5. The normalized spacial score (nSPS) is 35.7. The molecule has 0 amide bonds. The van der Waals surface area contributed by atoms with E-state index in [2.05, 4.69) is 4.98 Å². The fraction of sp³-hybridized carbons (Fsp3) is 0.394. The summed E-state index contributed by atoms with van der Waals surface area (Å²) < 4.78 is 17.3. The van der Waals surface area contributed by atoms with Crippen LogP contribution in [0, 0.1) is 16.7 Å². The van der Waals surface area contributed by atoms with Crippen LogP contribution in [0.5, 0.6) is 0 Å². The highest BCUT2D eigenvalue weighted by Gasteiger charge is 2.73. The van der Waals surface area contributed by atoms with Crippen LogP contribution in [0.3, 0.4) is 0 Å². The van der Waals surface area contributed by atoms with E-state index in [-0.39, 0.29) is 17.7 Å². The van der Waals surface area contributed by atoms with Crippen molar-refractivity contribution in [1.29, 1.82) is 0 Å². The quantitative estimate of drug-likeness (QED) is 0.299. The van der Waals surface area contributed by atoms with Gasteiger partial charge in [-0.3, -0.25) is 4.98 Å². The summed E-state index contributed by atoms with van der Waals surface area (Å²) in [7, 11) is 0. The van der Waals surface area contributed by atoms with Crippen LogP contribution in [0.2, 0.25) is 0 Å². The van der Waals surface area contributed by atoms with Gasteiger partial charge in [0.05, 0.1) is 16.7 Å². The molecular weight excluding hydrogens is 538 g/mol. The smallest absolute Gasteiger partial charge is 0.340 e. The summed E-state index contributed by atoms with van der Waals surface area (Å²) in [6.07, 6.45) is 8.96. The minimum atomic E-state index is -1.83. The van der Waals surface area contributed by atoms with E-state index in [1.165, 1.54) is 18.5 Å². The molecule has 1 aromatic carbocycles. The molecule has 1 fully saturated rings. The number of benzene rings is 1. The first-order valence-corrected chi connectivity index (χ1v) is 13.9. The van der Waals surface area contributed by atoms with Crippen LogP contribution < -0.4 is 0 Å². The number of hydrogen-bond donors (Lipinski definition) is 2. The Balaban J connectivity index is 1.67. The number of pyridine rings is 1.